The van der Waals surface area contributed by atoms with Crippen LogP contribution in [-0.4, -0.2) is 54.3 Å². The first-order chi connectivity index (χ1) is 16.9. The van der Waals surface area contributed by atoms with E-state index in [1.807, 2.05) is 63.7 Å². The molecule has 2 aromatic carbocycles. The van der Waals surface area contributed by atoms with Crippen LogP contribution in [0, 0.1) is 5.92 Å². The van der Waals surface area contributed by atoms with Crippen molar-refractivity contribution in [1.29, 1.82) is 0 Å². The van der Waals surface area contributed by atoms with Crippen molar-refractivity contribution in [2.75, 3.05) is 37.6 Å². The highest BCUT2D eigenvalue weighted by Crippen LogP contribution is 2.45. The number of halogens is 1. The number of benzene rings is 2. The number of carbonyl (C=O) groups excluding carboxylic acids is 2. The molecule has 2 amide bonds. The Hall–Kier alpha value is -2.83. The minimum absolute atomic E-state index is 0.0162. The summed E-state index contributed by atoms with van der Waals surface area (Å²) in [6.07, 6.45) is 0. The number of hydrogen-bond acceptors (Lipinski definition) is 4. The first-order valence-corrected chi connectivity index (χ1v) is 13.4. The van der Waals surface area contributed by atoms with Crippen molar-refractivity contribution in [3.63, 3.8) is 0 Å². The van der Waals surface area contributed by atoms with Crippen LogP contribution < -0.4 is 4.90 Å². The summed E-state index contributed by atoms with van der Waals surface area (Å²) in [5.74, 6) is -0.00642. The Morgan fingerprint density at radius 1 is 1.03 bits per heavy atom. The van der Waals surface area contributed by atoms with Crippen molar-refractivity contribution in [3.05, 3.63) is 87.1 Å². The van der Waals surface area contributed by atoms with Crippen LogP contribution in [0.3, 0.4) is 0 Å². The number of carbonyl (C=O) groups is 2. The van der Waals surface area contributed by atoms with Gasteiger partial charge >= 0.3 is 0 Å². The molecule has 1 saturated heterocycles. The lowest BCUT2D eigenvalue weighted by Gasteiger charge is -2.44. The summed E-state index contributed by atoms with van der Waals surface area (Å²) in [4.78, 5) is 35.1. The van der Waals surface area contributed by atoms with Crippen LogP contribution in [0.1, 0.15) is 46.6 Å². The van der Waals surface area contributed by atoms with Gasteiger partial charge in [0.1, 0.15) is 0 Å². The molecule has 5 rings (SSSR count). The van der Waals surface area contributed by atoms with E-state index < -0.39 is 5.92 Å². The number of rotatable bonds is 5. The minimum Gasteiger partial charge on any atom is -0.368 e. The summed E-state index contributed by atoms with van der Waals surface area (Å²) in [6.45, 7) is 7.62. The molecule has 3 heterocycles. The third kappa shape index (κ3) is 4.69. The molecular weight excluding hydrogens is 478 g/mol. The normalized spacial score (nSPS) is 20.3. The molecule has 1 aromatic heterocycles. The summed E-state index contributed by atoms with van der Waals surface area (Å²) in [6, 6.07) is 19.3. The van der Waals surface area contributed by atoms with Crippen molar-refractivity contribution < 1.29 is 9.59 Å². The SMILES string of the molecule is CC(C)CN1C(=O)c2ccccc2[C@H](C(=O)N2CCN(c3cccc(Cl)c3)CC2)[C@@H]1c1cccs1. The Kier molecular flexibility index (Phi) is 6.85. The number of hydrogen-bond donors (Lipinski definition) is 0. The molecule has 3 aromatic rings. The molecule has 35 heavy (non-hydrogen) atoms. The van der Waals surface area contributed by atoms with E-state index >= 15 is 0 Å². The zero-order valence-corrected chi connectivity index (χ0v) is 21.6. The maximum absolute atomic E-state index is 14.2. The lowest BCUT2D eigenvalue weighted by Crippen LogP contribution is -2.53. The van der Waals surface area contributed by atoms with Gasteiger partial charge in [0.25, 0.3) is 5.91 Å². The van der Waals surface area contributed by atoms with Gasteiger partial charge < -0.3 is 14.7 Å². The molecule has 5 nitrogen and oxygen atoms in total. The van der Waals surface area contributed by atoms with Crippen molar-refractivity contribution in [1.82, 2.24) is 9.80 Å². The number of amides is 2. The molecule has 7 heteroatoms. The molecule has 1 fully saturated rings. The van der Waals surface area contributed by atoms with E-state index in [2.05, 4.69) is 30.9 Å². The molecule has 0 unspecified atom stereocenters. The fraction of sp³-hybridized carbons (Fsp3) is 0.357. The molecule has 0 aliphatic carbocycles. The first-order valence-electron chi connectivity index (χ1n) is 12.2. The van der Waals surface area contributed by atoms with Crippen molar-refractivity contribution >= 4 is 40.4 Å². The number of thiophene rings is 1. The Morgan fingerprint density at radius 3 is 2.49 bits per heavy atom. The van der Waals surface area contributed by atoms with E-state index in [0.717, 1.165) is 29.2 Å². The highest BCUT2D eigenvalue weighted by atomic mass is 35.5. The number of fused-ring (bicyclic) bond motifs is 1. The Labute approximate surface area is 215 Å². The van der Waals surface area contributed by atoms with Crippen LogP contribution in [0.25, 0.3) is 0 Å². The van der Waals surface area contributed by atoms with Crippen LogP contribution in [0.2, 0.25) is 5.02 Å². The number of anilines is 1. The molecular formula is C28H30ClN3O2S. The lowest BCUT2D eigenvalue weighted by molar-refractivity contribution is -0.135. The van der Waals surface area contributed by atoms with E-state index in [-0.39, 0.29) is 17.9 Å². The van der Waals surface area contributed by atoms with Gasteiger partial charge in [-0.2, -0.15) is 0 Å². The van der Waals surface area contributed by atoms with Gasteiger partial charge in [-0.25, -0.2) is 0 Å². The second-order valence-corrected chi connectivity index (χ2v) is 11.1. The summed E-state index contributed by atoms with van der Waals surface area (Å²) < 4.78 is 0. The smallest absolute Gasteiger partial charge is 0.254 e. The fourth-order valence-corrected chi connectivity index (χ4v) is 6.34. The summed E-state index contributed by atoms with van der Waals surface area (Å²) in [5.41, 5.74) is 2.58. The second kappa shape index (κ2) is 10.0. The molecule has 182 valence electrons. The van der Waals surface area contributed by atoms with E-state index in [4.69, 9.17) is 11.6 Å². The third-order valence-electron chi connectivity index (χ3n) is 6.87. The van der Waals surface area contributed by atoms with Gasteiger partial charge in [0.2, 0.25) is 5.91 Å². The van der Waals surface area contributed by atoms with E-state index in [9.17, 15) is 9.59 Å². The second-order valence-electron chi connectivity index (χ2n) is 9.67. The Bertz CT molecular complexity index is 1200. The first kappa shape index (κ1) is 23.9. The van der Waals surface area contributed by atoms with Crippen molar-refractivity contribution in [2.24, 2.45) is 5.92 Å². The van der Waals surface area contributed by atoms with Gasteiger partial charge in [-0.05, 0) is 47.2 Å². The molecule has 2 atom stereocenters. The van der Waals surface area contributed by atoms with Gasteiger partial charge in [0.05, 0.1) is 12.0 Å². The summed E-state index contributed by atoms with van der Waals surface area (Å²) >= 11 is 7.81. The topological polar surface area (TPSA) is 43.9 Å². The van der Waals surface area contributed by atoms with Crippen LogP contribution in [0.15, 0.2) is 66.0 Å². The number of piperazine rings is 1. The Balaban J connectivity index is 1.47. The van der Waals surface area contributed by atoms with Crippen LogP contribution in [-0.2, 0) is 4.79 Å². The summed E-state index contributed by atoms with van der Waals surface area (Å²) in [7, 11) is 0. The monoisotopic (exact) mass is 507 g/mol. The third-order valence-corrected chi connectivity index (χ3v) is 8.04. The van der Waals surface area contributed by atoms with E-state index in [1.165, 1.54) is 0 Å². The van der Waals surface area contributed by atoms with Crippen LogP contribution in [0.4, 0.5) is 5.69 Å². The van der Waals surface area contributed by atoms with Gasteiger partial charge in [0, 0.05) is 53.9 Å². The minimum atomic E-state index is -0.418. The lowest BCUT2D eigenvalue weighted by atomic mass is 9.80. The van der Waals surface area contributed by atoms with Crippen LogP contribution in [0.5, 0.6) is 0 Å². The zero-order valence-electron chi connectivity index (χ0n) is 20.1. The average Bonchev–Trinajstić information content (AvgIpc) is 3.40. The maximum Gasteiger partial charge on any atom is 0.254 e. The standard InChI is InChI=1S/C28H30ClN3O2S/c1-19(2)18-32-26(24-11-6-16-35-24)25(22-9-3-4-10-23(22)27(32)33)28(34)31-14-12-30(13-15-31)21-8-5-7-20(29)17-21/h3-11,16-17,19,25-26H,12-15,18H2,1-2H3/t25-,26-/m0/s1. The van der Waals surface area contributed by atoms with Gasteiger partial charge in [-0.15, -0.1) is 11.3 Å². The molecule has 2 aliphatic rings. The average molecular weight is 508 g/mol. The van der Waals surface area contributed by atoms with Crippen molar-refractivity contribution in [2.45, 2.75) is 25.8 Å². The van der Waals surface area contributed by atoms with Gasteiger partial charge in [0.15, 0.2) is 0 Å². The summed E-state index contributed by atoms with van der Waals surface area (Å²) in [5, 5.41) is 2.74. The molecule has 0 spiro atoms. The highest BCUT2D eigenvalue weighted by Gasteiger charge is 2.46. The molecule has 0 bridgehead atoms. The van der Waals surface area contributed by atoms with E-state index in [0.29, 0.717) is 36.1 Å². The fourth-order valence-electron chi connectivity index (χ4n) is 5.28. The highest BCUT2D eigenvalue weighted by molar-refractivity contribution is 7.10. The van der Waals surface area contributed by atoms with Gasteiger partial charge in [-0.1, -0.05) is 55.8 Å². The largest absolute Gasteiger partial charge is 0.368 e. The van der Waals surface area contributed by atoms with Gasteiger partial charge in [-0.3, -0.25) is 9.59 Å². The van der Waals surface area contributed by atoms with Crippen LogP contribution >= 0.6 is 22.9 Å². The van der Waals surface area contributed by atoms with E-state index in [1.54, 1.807) is 11.3 Å². The molecule has 0 saturated carbocycles. The predicted octanol–water partition coefficient (Wildman–Crippen LogP) is 5.69. The Morgan fingerprint density at radius 2 is 1.80 bits per heavy atom. The molecule has 2 aliphatic heterocycles. The zero-order chi connectivity index (χ0) is 24.5. The van der Waals surface area contributed by atoms with Crippen molar-refractivity contribution in [3.8, 4) is 0 Å². The molecule has 0 radical (unpaired) electrons. The predicted molar refractivity (Wildman–Crippen MR) is 142 cm³/mol. The number of nitrogens with zero attached hydrogens (tertiary/aromatic N) is 3. The maximum atomic E-state index is 14.2. The molecule has 0 N–H and O–H groups in total. The quantitative estimate of drug-likeness (QED) is 0.446.